The number of para-hydroxylation sites is 2. The van der Waals surface area contributed by atoms with E-state index in [0.717, 1.165) is 27.5 Å². The first-order valence-corrected chi connectivity index (χ1v) is 21.4. The predicted molar refractivity (Wildman–Crippen MR) is 258 cm³/mol. The van der Waals surface area contributed by atoms with E-state index in [1.54, 1.807) is 0 Å². The molecule has 0 spiro atoms. The van der Waals surface area contributed by atoms with Crippen molar-refractivity contribution in [3.05, 3.63) is 206 Å². The van der Waals surface area contributed by atoms with Crippen molar-refractivity contribution in [3.63, 3.8) is 0 Å². The number of hydrogen-bond donors (Lipinski definition) is 0. The van der Waals surface area contributed by atoms with Crippen molar-refractivity contribution in [2.75, 3.05) is 0 Å². The van der Waals surface area contributed by atoms with Crippen LogP contribution in [0.3, 0.4) is 0 Å². The summed E-state index contributed by atoms with van der Waals surface area (Å²) in [7, 11) is 0. The number of hydrogen-bond acceptors (Lipinski definition) is 2. The average molecular weight is 779 g/mol. The molecule has 13 rings (SSSR count). The van der Waals surface area contributed by atoms with Crippen LogP contribution in [0.15, 0.2) is 211 Å². The molecule has 11 aromatic carbocycles. The molecule has 13 aromatic rings. The zero-order valence-electron chi connectivity index (χ0n) is 32.4. The first-order chi connectivity index (χ1) is 29.8. The SMILES string of the molecule is c1ccc(-c2c3ccccc3c(-c3cccc4c3sc3cccc(-c5c6ccccc6c(-c6cccc7c6oc6ccccc67)c6ccccc56)c34)c3ccccc23)cc1. The summed E-state index contributed by atoms with van der Waals surface area (Å²) in [5, 5.41) is 14.8. The van der Waals surface area contributed by atoms with Crippen LogP contribution in [0, 0.1) is 0 Å². The highest BCUT2D eigenvalue weighted by atomic mass is 32.1. The minimum atomic E-state index is 0.911. The fourth-order valence-corrected chi connectivity index (χ4v) is 11.5. The van der Waals surface area contributed by atoms with Crippen LogP contribution in [-0.4, -0.2) is 0 Å². The fraction of sp³-hybridized carbons (Fsp3) is 0. The summed E-state index contributed by atoms with van der Waals surface area (Å²) in [4.78, 5) is 0. The van der Waals surface area contributed by atoms with Crippen LogP contribution in [0.2, 0.25) is 0 Å². The number of benzene rings is 11. The Bertz CT molecular complexity index is 3770. The zero-order chi connectivity index (χ0) is 39.3. The van der Waals surface area contributed by atoms with Gasteiger partial charge in [-0.15, -0.1) is 11.3 Å². The minimum absolute atomic E-state index is 0.911. The van der Waals surface area contributed by atoms with Gasteiger partial charge in [0.25, 0.3) is 0 Å². The summed E-state index contributed by atoms with van der Waals surface area (Å²) >= 11 is 1.91. The number of thiophene rings is 1. The Morgan fingerprint density at radius 1 is 0.283 bits per heavy atom. The Labute approximate surface area is 350 Å². The molecule has 2 heterocycles. The maximum Gasteiger partial charge on any atom is 0.143 e. The van der Waals surface area contributed by atoms with E-state index in [2.05, 4.69) is 200 Å². The molecule has 278 valence electrons. The number of rotatable bonds is 4. The normalized spacial score (nSPS) is 12.0. The largest absolute Gasteiger partial charge is 0.455 e. The monoisotopic (exact) mass is 778 g/mol. The van der Waals surface area contributed by atoms with E-state index in [0.29, 0.717) is 0 Å². The van der Waals surface area contributed by atoms with Gasteiger partial charge in [0.1, 0.15) is 11.2 Å². The van der Waals surface area contributed by atoms with Gasteiger partial charge in [0.05, 0.1) is 0 Å². The second kappa shape index (κ2) is 13.0. The molecule has 0 radical (unpaired) electrons. The van der Waals surface area contributed by atoms with Gasteiger partial charge < -0.3 is 4.42 Å². The van der Waals surface area contributed by atoms with Crippen molar-refractivity contribution in [1.29, 1.82) is 0 Å². The molecular formula is C58H34OS. The van der Waals surface area contributed by atoms with Gasteiger partial charge in [0, 0.05) is 47.6 Å². The second-order valence-corrected chi connectivity index (χ2v) is 16.8. The quantitative estimate of drug-likeness (QED) is 0.162. The highest BCUT2D eigenvalue weighted by molar-refractivity contribution is 7.26. The first-order valence-electron chi connectivity index (χ1n) is 20.6. The summed E-state index contributed by atoms with van der Waals surface area (Å²) < 4.78 is 9.27. The van der Waals surface area contributed by atoms with Gasteiger partial charge in [0.2, 0.25) is 0 Å². The summed E-state index contributed by atoms with van der Waals surface area (Å²) in [5.41, 5.74) is 11.8. The van der Waals surface area contributed by atoms with Crippen LogP contribution in [0.25, 0.3) is 130 Å². The minimum Gasteiger partial charge on any atom is -0.455 e. The molecule has 0 aliphatic rings. The first kappa shape index (κ1) is 33.5. The molecule has 2 aromatic heterocycles. The highest BCUT2D eigenvalue weighted by Crippen LogP contribution is 2.52. The molecule has 60 heavy (non-hydrogen) atoms. The average Bonchev–Trinajstić information content (AvgIpc) is 3.90. The Kier molecular flexibility index (Phi) is 7.24. The molecule has 1 nitrogen and oxygen atoms in total. The molecule has 0 N–H and O–H groups in total. The van der Waals surface area contributed by atoms with Crippen LogP contribution in [0.1, 0.15) is 0 Å². The molecule has 0 bridgehead atoms. The summed E-state index contributed by atoms with van der Waals surface area (Å²) in [6, 6.07) is 75.5. The van der Waals surface area contributed by atoms with Gasteiger partial charge in [-0.1, -0.05) is 194 Å². The van der Waals surface area contributed by atoms with Crippen molar-refractivity contribution < 1.29 is 4.42 Å². The zero-order valence-corrected chi connectivity index (χ0v) is 33.3. The van der Waals surface area contributed by atoms with Gasteiger partial charge in [-0.05, 0) is 83.0 Å². The topological polar surface area (TPSA) is 13.1 Å². The summed E-state index contributed by atoms with van der Waals surface area (Å²) in [6.07, 6.45) is 0. The summed E-state index contributed by atoms with van der Waals surface area (Å²) in [6.45, 7) is 0. The third-order valence-corrected chi connectivity index (χ3v) is 13.9. The standard InChI is InChI=1S/C58H34OS/c1-2-17-35(18-3-1)52-37-20-4-6-22-39(37)55(40-23-7-5-21-38(40)52)48-31-15-32-49-56-46(29-16-34-51(56)60-58(48)49)53-41-24-8-10-26-43(41)54(44-27-11-9-25-42(44)53)47-30-14-28-45-36-19-12-13-33-50(36)59-57(45)47/h1-34H. The van der Waals surface area contributed by atoms with E-state index < -0.39 is 0 Å². The summed E-state index contributed by atoms with van der Waals surface area (Å²) in [5.74, 6) is 0. The smallest absolute Gasteiger partial charge is 0.143 e. The van der Waals surface area contributed by atoms with Crippen molar-refractivity contribution in [2.24, 2.45) is 0 Å². The maximum absolute atomic E-state index is 6.68. The van der Waals surface area contributed by atoms with Gasteiger partial charge in [-0.2, -0.15) is 0 Å². The Balaban J connectivity index is 1.11. The van der Waals surface area contributed by atoms with Gasteiger partial charge >= 0.3 is 0 Å². The van der Waals surface area contributed by atoms with E-state index >= 15 is 0 Å². The van der Waals surface area contributed by atoms with E-state index in [1.165, 1.54) is 102 Å². The lowest BCUT2D eigenvalue weighted by atomic mass is 9.84. The highest BCUT2D eigenvalue weighted by Gasteiger charge is 2.24. The van der Waals surface area contributed by atoms with E-state index in [1.807, 2.05) is 17.4 Å². The molecule has 0 saturated carbocycles. The molecule has 0 amide bonds. The van der Waals surface area contributed by atoms with E-state index in [9.17, 15) is 0 Å². The molecule has 0 unspecified atom stereocenters. The predicted octanol–water partition coefficient (Wildman–Crippen LogP) is 17.2. The molecular weight excluding hydrogens is 745 g/mol. The van der Waals surface area contributed by atoms with Crippen LogP contribution in [0.4, 0.5) is 0 Å². The fourth-order valence-electron chi connectivity index (χ4n) is 10.2. The van der Waals surface area contributed by atoms with Crippen LogP contribution in [-0.2, 0) is 0 Å². The van der Waals surface area contributed by atoms with E-state index in [4.69, 9.17) is 4.42 Å². The van der Waals surface area contributed by atoms with Crippen molar-refractivity contribution in [1.82, 2.24) is 0 Å². The lowest BCUT2D eigenvalue weighted by Gasteiger charge is -2.19. The van der Waals surface area contributed by atoms with Crippen LogP contribution in [0.5, 0.6) is 0 Å². The van der Waals surface area contributed by atoms with Crippen LogP contribution < -0.4 is 0 Å². The van der Waals surface area contributed by atoms with Crippen molar-refractivity contribution >= 4 is 96.5 Å². The number of fused-ring (bicyclic) bond motifs is 10. The molecule has 2 heteroatoms. The number of furan rings is 1. The molecule has 0 saturated heterocycles. The van der Waals surface area contributed by atoms with Gasteiger partial charge in [0.15, 0.2) is 0 Å². The molecule has 0 atom stereocenters. The van der Waals surface area contributed by atoms with Gasteiger partial charge in [-0.3, -0.25) is 0 Å². The van der Waals surface area contributed by atoms with Crippen LogP contribution >= 0.6 is 11.3 Å². The molecule has 0 fully saturated rings. The third kappa shape index (κ3) is 4.74. The van der Waals surface area contributed by atoms with Crippen molar-refractivity contribution in [2.45, 2.75) is 0 Å². The lowest BCUT2D eigenvalue weighted by molar-refractivity contribution is 0.670. The maximum atomic E-state index is 6.68. The molecule has 0 aliphatic heterocycles. The third-order valence-electron chi connectivity index (χ3n) is 12.7. The molecule has 0 aliphatic carbocycles. The Hall–Kier alpha value is -7.52. The Morgan fingerprint density at radius 2 is 0.700 bits per heavy atom. The lowest BCUT2D eigenvalue weighted by Crippen LogP contribution is -1.92. The van der Waals surface area contributed by atoms with Crippen molar-refractivity contribution in [3.8, 4) is 44.5 Å². The second-order valence-electron chi connectivity index (χ2n) is 15.8. The van der Waals surface area contributed by atoms with Gasteiger partial charge in [-0.25, -0.2) is 0 Å². The Morgan fingerprint density at radius 3 is 1.30 bits per heavy atom. The van der Waals surface area contributed by atoms with E-state index in [-0.39, 0.29) is 0 Å².